The lowest BCUT2D eigenvalue weighted by Gasteiger charge is -2.12. The van der Waals surface area contributed by atoms with E-state index in [9.17, 15) is 14.4 Å². The molecule has 0 aliphatic heterocycles. The van der Waals surface area contributed by atoms with Crippen LogP contribution in [-0.4, -0.2) is 37.7 Å². The maximum Gasteiger partial charge on any atom is 0.321 e. The molecule has 0 bridgehead atoms. The number of urea groups is 1. The molecule has 0 spiro atoms. The highest BCUT2D eigenvalue weighted by atomic mass is 16.5. The van der Waals surface area contributed by atoms with Gasteiger partial charge in [0, 0.05) is 7.05 Å². The van der Waals surface area contributed by atoms with Crippen molar-refractivity contribution in [3.8, 4) is 5.75 Å². The summed E-state index contributed by atoms with van der Waals surface area (Å²) in [5.41, 5.74) is 0. The van der Waals surface area contributed by atoms with Crippen LogP contribution in [0.15, 0.2) is 30.3 Å². The lowest BCUT2D eigenvalue weighted by molar-refractivity contribution is -0.154. The molecule has 0 unspecified atom stereocenters. The van der Waals surface area contributed by atoms with Crippen LogP contribution < -0.4 is 15.4 Å². The van der Waals surface area contributed by atoms with E-state index in [1.807, 2.05) is 23.5 Å². The van der Waals surface area contributed by atoms with Crippen LogP contribution in [-0.2, 0) is 14.3 Å². The Morgan fingerprint density at radius 1 is 1.19 bits per heavy atom. The minimum atomic E-state index is -1.05. The normalized spacial score (nSPS) is 11.1. The number of ether oxygens (including phenoxy) is 2. The van der Waals surface area contributed by atoms with Crippen molar-refractivity contribution in [2.75, 3.05) is 13.7 Å². The van der Waals surface area contributed by atoms with Crippen LogP contribution in [0, 0.1) is 0 Å². The van der Waals surface area contributed by atoms with Gasteiger partial charge in [0.05, 0.1) is 13.0 Å². The maximum atomic E-state index is 11.5. The van der Waals surface area contributed by atoms with Gasteiger partial charge in [-0.3, -0.25) is 14.9 Å². The standard InChI is InChI=1S/C14H18N2O5/c1-10(13(18)16-14(19)15-2)21-12(17)8-9-20-11-6-4-3-5-7-11/h3-7,10H,8-9H2,1-2H3,(H2,15,16,18,19)/t10-/m1/s1. The molecular formula is C14H18N2O5. The summed E-state index contributed by atoms with van der Waals surface area (Å²) >= 11 is 0. The molecule has 0 saturated carbocycles. The van der Waals surface area contributed by atoms with Crippen molar-refractivity contribution in [3.05, 3.63) is 30.3 Å². The predicted molar refractivity (Wildman–Crippen MR) is 74.7 cm³/mol. The van der Waals surface area contributed by atoms with E-state index >= 15 is 0 Å². The second kappa shape index (κ2) is 8.57. The predicted octanol–water partition coefficient (Wildman–Crippen LogP) is 0.843. The number of carbonyl (C=O) groups excluding carboxylic acids is 3. The van der Waals surface area contributed by atoms with Gasteiger partial charge in [-0.25, -0.2) is 4.79 Å². The van der Waals surface area contributed by atoms with Crippen LogP contribution in [0.1, 0.15) is 13.3 Å². The molecule has 0 radical (unpaired) electrons. The van der Waals surface area contributed by atoms with E-state index in [4.69, 9.17) is 9.47 Å². The Kier molecular flexibility index (Phi) is 6.73. The number of benzene rings is 1. The largest absolute Gasteiger partial charge is 0.493 e. The Morgan fingerprint density at radius 3 is 2.48 bits per heavy atom. The van der Waals surface area contributed by atoms with E-state index < -0.39 is 24.0 Å². The third kappa shape index (κ3) is 6.42. The van der Waals surface area contributed by atoms with Gasteiger partial charge in [-0.15, -0.1) is 0 Å². The fourth-order valence-electron chi connectivity index (χ4n) is 1.35. The average molecular weight is 294 g/mol. The molecule has 0 aromatic heterocycles. The molecule has 1 atom stereocenters. The zero-order valence-electron chi connectivity index (χ0n) is 11.9. The van der Waals surface area contributed by atoms with Crippen LogP contribution in [0.5, 0.6) is 5.75 Å². The van der Waals surface area contributed by atoms with E-state index in [1.165, 1.54) is 14.0 Å². The number of imide groups is 1. The molecule has 1 aromatic rings. The molecule has 114 valence electrons. The Balaban J connectivity index is 2.26. The molecule has 1 aromatic carbocycles. The van der Waals surface area contributed by atoms with E-state index in [-0.39, 0.29) is 13.0 Å². The van der Waals surface area contributed by atoms with Gasteiger partial charge in [0.15, 0.2) is 6.10 Å². The number of hydrogen-bond acceptors (Lipinski definition) is 5. The van der Waals surface area contributed by atoms with E-state index in [0.29, 0.717) is 5.75 Å². The van der Waals surface area contributed by atoms with E-state index in [1.54, 1.807) is 12.1 Å². The first kappa shape index (κ1) is 16.5. The molecule has 0 fully saturated rings. The highest BCUT2D eigenvalue weighted by Crippen LogP contribution is 2.08. The summed E-state index contributed by atoms with van der Waals surface area (Å²) in [6, 6.07) is 8.37. The monoisotopic (exact) mass is 294 g/mol. The SMILES string of the molecule is CNC(=O)NC(=O)[C@@H](C)OC(=O)CCOc1ccccc1. The molecule has 0 saturated heterocycles. The number of esters is 1. The first-order chi connectivity index (χ1) is 10.0. The van der Waals surface area contributed by atoms with Crippen LogP contribution >= 0.6 is 0 Å². The van der Waals surface area contributed by atoms with E-state index in [2.05, 4.69) is 5.32 Å². The van der Waals surface area contributed by atoms with Gasteiger partial charge in [-0.05, 0) is 19.1 Å². The molecule has 0 aliphatic carbocycles. The molecule has 0 heterocycles. The van der Waals surface area contributed by atoms with Crippen LogP contribution in [0.25, 0.3) is 0 Å². The quantitative estimate of drug-likeness (QED) is 0.758. The minimum absolute atomic E-state index is 0.00644. The van der Waals surface area contributed by atoms with Gasteiger partial charge in [0.2, 0.25) is 0 Å². The molecule has 2 N–H and O–H groups in total. The number of nitrogens with one attached hydrogen (secondary N) is 2. The first-order valence-corrected chi connectivity index (χ1v) is 6.43. The molecular weight excluding hydrogens is 276 g/mol. The maximum absolute atomic E-state index is 11.5. The van der Waals surface area contributed by atoms with E-state index in [0.717, 1.165) is 0 Å². The van der Waals surface area contributed by atoms with Crippen molar-refractivity contribution in [3.63, 3.8) is 0 Å². The lowest BCUT2D eigenvalue weighted by atomic mass is 10.3. The Labute approximate surface area is 122 Å². The first-order valence-electron chi connectivity index (χ1n) is 6.43. The Hall–Kier alpha value is -2.57. The topological polar surface area (TPSA) is 93.7 Å². The third-order valence-corrected chi connectivity index (χ3v) is 2.46. The lowest BCUT2D eigenvalue weighted by Crippen LogP contribution is -2.43. The number of carbonyl (C=O) groups is 3. The summed E-state index contributed by atoms with van der Waals surface area (Å²) in [7, 11) is 1.38. The number of para-hydroxylation sites is 1. The minimum Gasteiger partial charge on any atom is -0.493 e. The van der Waals surface area contributed by atoms with Gasteiger partial charge >= 0.3 is 12.0 Å². The van der Waals surface area contributed by atoms with Gasteiger partial charge in [0.1, 0.15) is 5.75 Å². The molecule has 3 amide bonds. The average Bonchev–Trinajstić information content (AvgIpc) is 2.48. The molecule has 7 nitrogen and oxygen atoms in total. The number of hydrogen-bond donors (Lipinski definition) is 2. The fourth-order valence-corrected chi connectivity index (χ4v) is 1.35. The zero-order chi connectivity index (χ0) is 15.7. The number of rotatable bonds is 6. The van der Waals surface area contributed by atoms with Gasteiger partial charge in [-0.1, -0.05) is 18.2 Å². The molecule has 7 heteroatoms. The van der Waals surface area contributed by atoms with Gasteiger partial charge < -0.3 is 14.8 Å². The Morgan fingerprint density at radius 2 is 1.86 bits per heavy atom. The molecule has 0 aliphatic rings. The summed E-state index contributed by atoms with van der Waals surface area (Å²) in [6.45, 7) is 1.53. The summed E-state index contributed by atoms with van der Waals surface area (Å²) in [4.78, 5) is 33.9. The molecule has 1 rings (SSSR count). The van der Waals surface area contributed by atoms with Crippen molar-refractivity contribution in [1.82, 2.24) is 10.6 Å². The van der Waals surface area contributed by atoms with Crippen molar-refractivity contribution >= 4 is 17.9 Å². The van der Waals surface area contributed by atoms with Crippen molar-refractivity contribution in [2.24, 2.45) is 0 Å². The van der Waals surface area contributed by atoms with Crippen molar-refractivity contribution < 1.29 is 23.9 Å². The summed E-state index contributed by atoms with van der Waals surface area (Å²) < 4.78 is 10.2. The van der Waals surface area contributed by atoms with Crippen molar-refractivity contribution in [2.45, 2.75) is 19.4 Å². The Bertz CT molecular complexity index is 489. The highest BCUT2D eigenvalue weighted by molar-refractivity contribution is 5.96. The molecule has 21 heavy (non-hydrogen) atoms. The second-order valence-corrected chi connectivity index (χ2v) is 4.11. The van der Waals surface area contributed by atoms with Crippen LogP contribution in [0.2, 0.25) is 0 Å². The van der Waals surface area contributed by atoms with Gasteiger partial charge in [0.25, 0.3) is 5.91 Å². The fraction of sp³-hybridized carbons (Fsp3) is 0.357. The summed E-state index contributed by atoms with van der Waals surface area (Å²) in [5.74, 6) is -0.618. The smallest absolute Gasteiger partial charge is 0.321 e. The third-order valence-electron chi connectivity index (χ3n) is 2.46. The van der Waals surface area contributed by atoms with Crippen LogP contribution in [0.3, 0.4) is 0 Å². The van der Waals surface area contributed by atoms with Crippen LogP contribution in [0.4, 0.5) is 4.79 Å². The highest BCUT2D eigenvalue weighted by Gasteiger charge is 2.19. The second-order valence-electron chi connectivity index (χ2n) is 4.11. The summed E-state index contributed by atoms with van der Waals surface area (Å²) in [6.07, 6.45) is -1.04. The van der Waals surface area contributed by atoms with Crippen molar-refractivity contribution in [1.29, 1.82) is 0 Å². The number of amides is 3. The summed E-state index contributed by atoms with van der Waals surface area (Å²) in [5, 5.41) is 4.24. The zero-order valence-corrected chi connectivity index (χ0v) is 11.9. The van der Waals surface area contributed by atoms with Gasteiger partial charge in [-0.2, -0.15) is 0 Å².